The Bertz CT molecular complexity index is 373. The van der Waals surface area contributed by atoms with Crippen molar-refractivity contribution in [2.75, 3.05) is 0 Å². The lowest BCUT2D eigenvalue weighted by Crippen LogP contribution is -2.29. The van der Waals surface area contributed by atoms with Crippen LogP contribution in [0.15, 0.2) is 18.2 Å². The standard InChI is InChI=1S/C12H20N4/c1-5-11-10(7-9(4)15-16-11)12(14-13)6-8(2)3/h7,12,14H,2,5-6,13H2,1,3-4H3. The molecule has 1 heterocycles. The van der Waals surface area contributed by atoms with Gasteiger partial charge in [0.25, 0.3) is 0 Å². The summed E-state index contributed by atoms with van der Waals surface area (Å²) in [6, 6.07) is 2.11. The van der Waals surface area contributed by atoms with Crippen molar-refractivity contribution in [3.8, 4) is 0 Å². The molecule has 0 aliphatic rings. The van der Waals surface area contributed by atoms with Crippen molar-refractivity contribution in [1.29, 1.82) is 0 Å². The summed E-state index contributed by atoms with van der Waals surface area (Å²) in [5.74, 6) is 5.59. The second-order valence-electron chi connectivity index (χ2n) is 4.12. The fraction of sp³-hybridized carbons (Fsp3) is 0.500. The van der Waals surface area contributed by atoms with E-state index in [1.165, 1.54) is 0 Å². The second kappa shape index (κ2) is 5.72. The van der Waals surface area contributed by atoms with Gasteiger partial charge in [0.2, 0.25) is 0 Å². The van der Waals surface area contributed by atoms with Crippen LogP contribution in [0.5, 0.6) is 0 Å². The van der Waals surface area contributed by atoms with Gasteiger partial charge >= 0.3 is 0 Å². The van der Waals surface area contributed by atoms with Crippen molar-refractivity contribution in [2.45, 2.75) is 39.7 Å². The first-order valence-corrected chi connectivity index (χ1v) is 5.52. The lowest BCUT2D eigenvalue weighted by molar-refractivity contribution is 0.540. The Morgan fingerprint density at radius 2 is 2.25 bits per heavy atom. The minimum absolute atomic E-state index is 0.0710. The number of hydrazine groups is 1. The van der Waals surface area contributed by atoms with Gasteiger partial charge in [-0.15, -0.1) is 6.58 Å². The fourth-order valence-electron chi connectivity index (χ4n) is 1.72. The predicted octanol–water partition coefficient (Wildman–Crippen LogP) is 1.82. The molecule has 0 radical (unpaired) electrons. The van der Waals surface area contributed by atoms with Crippen LogP contribution < -0.4 is 11.3 Å². The van der Waals surface area contributed by atoms with Crippen molar-refractivity contribution in [3.05, 3.63) is 35.2 Å². The molecule has 0 bridgehead atoms. The number of nitrogens with zero attached hydrogens (tertiary/aromatic N) is 2. The maximum Gasteiger partial charge on any atom is 0.0676 e. The van der Waals surface area contributed by atoms with Crippen LogP contribution >= 0.6 is 0 Å². The molecular weight excluding hydrogens is 200 g/mol. The van der Waals surface area contributed by atoms with Gasteiger partial charge in [-0.3, -0.25) is 11.3 Å². The van der Waals surface area contributed by atoms with Crippen molar-refractivity contribution in [1.82, 2.24) is 15.6 Å². The van der Waals surface area contributed by atoms with Gasteiger partial charge in [0.15, 0.2) is 0 Å². The number of hydrogen-bond acceptors (Lipinski definition) is 4. The molecule has 1 atom stereocenters. The fourth-order valence-corrected chi connectivity index (χ4v) is 1.72. The lowest BCUT2D eigenvalue weighted by Gasteiger charge is -2.18. The Labute approximate surface area is 96.9 Å². The largest absolute Gasteiger partial charge is 0.271 e. The summed E-state index contributed by atoms with van der Waals surface area (Å²) in [4.78, 5) is 0. The van der Waals surface area contributed by atoms with E-state index in [1.807, 2.05) is 19.9 Å². The van der Waals surface area contributed by atoms with Gasteiger partial charge in [0.05, 0.1) is 17.4 Å². The third kappa shape index (κ3) is 3.12. The third-order valence-corrected chi connectivity index (χ3v) is 2.49. The summed E-state index contributed by atoms with van der Waals surface area (Å²) in [5, 5.41) is 8.26. The van der Waals surface area contributed by atoms with Crippen LogP contribution in [0.4, 0.5) is 0 Å². The SMILES string of the molecule is C=C(C)CC(NN)c1cc(C)nnc1CC. The molecule has 1 rings (SSSR count). The van der Waals surface area contributed by atoms with Crippen LogP contribution in [-0.2, 0) is 6.42 Å². The van der Waals surface area contributed by atoms with Crippen molar-refractivity contribution in [3.63, 3.8) is 0 Å². The molecule has 16 heavy (non-hydrogen) atoms. The smallest absolute Gasteiger partial charge is 0.0676 e. The van der Waals surface area contributed by atoms with Gasteiger partial charge in [-0.05, 0) is 38.3 Å². The predicted molar refractivity (Wildman–Crippen MR) is 65.6 cm³/mol. The normalized spacial score (nSPS) is 12.5. The Kier molecular flexibility index (Phi) is 4.58. The summed E-state index contributed by atoms with van der Waals surface area (Å²) in [7, 11) is 0. The summed E-state index contributed by atoms with van der Waals surface area (Å²) < 4.78 is 0. The van der Waals surface area contributed by atoms with E-state index in [1.54, 1.807) is 0 Å². The first kappa shape index (κ1) is 12.8. The maximum atomic E-state index is 5.59. The van der Waals surface area contributed by atoms with Crippen molar-refractivity contribution < 1.29 is 0 Å². The van der Waals surface area contributed by atoms with Gasteiger partial charge in [-0.2, -0.15) is 10.2 Å². The molecule has 0 fully saturated rings. The van der Waals surface area contributed by atoms with Crippen LogP contribution in [0.3, 0.4) is 0 Å². The van der Waals surface area contributed by atoms with E-state index < -0.39 is 0 Å². The summed E-state index contributed by atoms with van der Waals surface area (Å²) in [6.45, 7) is 9.91. The molecular formula is C12H20N4. The molecule has 0 amide bonds. The van der Waals surface area contributed by atoms with Crippen molar-refractivity contribution >= 4 is 0 Å². The Morgan fingerprint density at radius 1 is 1.56 bits per heavy atom. The quantitative estimate of drug-likeness (QED) is 0.451. The van der Waals surface area contributed by atoms with Crippen LogP contribution in [0.1, 0.15) is 43.3 Å². The average Bonchev–Trinajstić information content (AvgIpc) is 2.25. The first-order chi connectivity index (χ1) is 7.58. The van der Waals surface area contributed by atoms with E-state index in [-0.39, 0.29) is 6.04 Å². The molecule has 4 heteroatoms. The minimum Gasteiger partial charge on any atom is -0.271 e. The Morgan fingerprint density at radius 3 is 2.75 bits per heavy atom. The van der Waals surface area contributed by atoms with Gasteiger partial charge < -0.3 is 0 Å². The van der Waals surface area contributed by atoms with Gasteiger partial charge in [-0.25, -0.2) is 0 Å². The van der Waals surface area contributed by atoms with E-state index in [9.17, 15) is 0 Å². The third-order valence-electron chi connectivity index (χ3n) is 2.49. The number of rotatable bonds is 5. The summed E-state index contributed by atoms with van der Waals surface area (Å²) in [5.41, 5.74) is 6.95. The van der Waals surface area contributed by atoms with E-state index >= 15 is 0 Å². The number of hydrogen-bond donors (Lipinski definition) is 2. The molecule has 0 aliphatic carbocycles. The molecule has 0 spiro atoms. The van der Waals surface area contributed by atoms with Crippen LogP contribution in [0.2, 0.25) is 0 Å². The number of nitrogens with two attached hydrogens (primary N) is 1. The summed E-state index contributed by atoms with van der Waals surface area (Å²) in [6.07, 6.45) is 1.67. The number of aryl methyl sites for hydroxylation is 2. The number of aromatic nitrogens is 2. The van der Waals surface area contributed by atoms with E-state index in [4.69, 9.17) is 5.84 Å². The van der Waals surface area contributed by atoms with Crippen LogP contribution in [-0.4, -0.2) is 10.2 Å². The number of nitrogens with one attached hydrogen (secondary N) is 1. The highest BCUT2D eigenvalue weighted by molar-refractivity contribution is 5.25. The highest BCUT2D eigenvalue weighted by atomic mass is 15.2. The van der Waals surface area contributed by atoms with E-state index in [2.05, 4.69) is 29.1 Å². The molecule has 88 valence electrons. The molecule has 0 aliphatic heterocycles. The van der Waals surface area contributed by atoms with Crippen LogP contribution in [0.25, 0.3) is 0 Å². The maximum absolute atomic E-state index is 5.59. The Hall–Kier alpha value is -1.26. The topological polar surface area (TPSA) is 63.8 Å². The zero-order chi connectivity index (χ0) is 12.1. The van der Waals surface area contributed by atoms with E-state index in [0.717, 1.165) is 35.4 Å². The monoisotopic (exact) mass is 220 g/mol. The highest BCUT2D eigenvalue weighted by Gasteiger charge is 2.15. The van der Waals surface area contributed by atoms with Gasteiger partial charge in [-0.1, -0.05) is 12.5 Å². The molecule has 1 unspecified atom stereocenters. The molecule has 0 aromatic carbocycles. The van der Waals surface area contributed by atoms with E-state index in [0.29, 0.717) is 0 Å². The molecule has 3 N–H and O–H groups in total. The second-order valence-corrected chi connectivity index (χ2v) is 4.12. The first-order valence-electron chi connectivity index (χ1n) is 5.52. The Balaban J connectivity index is 3.06. The molecule has 0 saturated heterocycles. The zero-order valence-electron chi connectivity index (χ0n) is 10.2. The zero-order valence-corrected chi connectivity index (χ0v) is 10.2. The van der Waals surface area contributed by atoms with Crippen LogP contribution in [0, 0.1) is 6.92 Å². The lowest BCUT2D eigenvalue weighted by atomic mass is 9.98. The van der Waals surface area contributed by atoms with Gasteiger partial charge in [0, 0.05) is 0 Å². The van der Waals surface area contributed by atoms with Gasteiger partial charge in [0.1, 0.15) is 0 Å². The highest BCUT2D eigenvalue weighted by Crippen LogP contribution is 2.22. The summed E-state index contributed by atoms with van der Waals surface area (Å²) >= 11 is 0. The minimum atomic E-state index is 0.0710. The molecule has 4 nitrogen and oxygen atoms in total. The molecule has 1 aromatic rings. The average molecular weight is 220 g/mol. The molecule has 0 saturated carbocycles. The van der Waals surface area contributed by atoms with Crippen molar-refractivity contribution in [2.24, 2.45) is 5.84 Å². The molecule has 1 aromatic heterocycles.